The zero-order chi connectivity index (χ0) is 27.5. The molecule has 10 heteroatoms. The molecular formula is C27H34N2O7S. The third kappa shape index (κ3) is 5.64. The van der Waals surface area contributed by atoms with Gasteiger partial charge in [-0.1, -0.05) is 19.9 Å². The van der Waals surface area contributed by atoms with Crippen molar-refractivity contribution in [1.82, 2.24) is 4.90 Å². The van der Waals surface area contributed by atoms with Crippen LogP contribution in [0.5, 0.6) is 11.5 Å². The van der Waals surface area contributed by atoms with Crippen LogP contribution >= 0.6 is 0 Å². The smallest absolute Gasteiger partial charge is 0.264 e. The number of methoxy groups -OCH3 is 1. The molecule has 0 radical (unpaired) electrons. The van der Waals surface area contributed by atoms with Gasteiger partial charge in [0.2, 0.25) is 5.91 Å². The molecule has 0 saturated heterocycles. The number of benzene rings is 2. The van der Waals surface area contributed by atoms with Crippen molar-refractivity contribution in [3.8, 4) is 11.5 Å². The highest BCUT2D eigenvalue weighted by Gasteiger charge is 2.44. The highest BCUT2D eigenvalue weighted by molar-refractivity contribution is 7.92. The van der Waals surface area contributed by atoms with Gasteiger partial charge in [0, 0.05) is 6.42 Å². The Balaban J connectivity index is 2.20. The fourth-order valence-corrected chi connectivity index (χ4v) is 5.34. The molecule has 0 unspecified atom stereocenters. The van der Waals surface area contributed by atoms with Gasteiger partial charge in [-0.25, -0.2) is 8.42 Å². The van der Waals surface area contributed by atoms with Gasteiger partial charge >= 0.3 is 0 Å². The normalized spacial score (nSPS) is 14.1. The van der Waals surface area contributed by atoms with E-state index in [2.05, 4.69) is 5.32 Å². The Hall–Kier alpha value is -3.40. The molecule has 1 heterocycles. The van der Waals surface area contributed by atoms with Crippen LogP contribution in [0.25, 0.3) is 0 Å². The molecule has 1 aliphatic rings. The number of sulfone groups is 1. The van der Waals surface area contributed by atoms with E-state index in [1.807, 2.05) is 6.92 Å². The van der Waals surface area contributed by atoms with Crippen LogP contribution in [-0.4, -0.2) is 55.8 Å². The molecule has 2 aromatic rings. The van der Waals surface area contributed by atoms with Crippen LogP contribution in [0.4, 0.5) is 5.69 Å². The SMILES string of the molecule is CCOc1cc([C@@H](CS(=O)(=O)C(C)C)N2C(=O)c3cc(CC)cc(NC(=O)CC)c3C2=O)ccc1OC. The molecule has 3 rings (SSSR count). The van der Waals surface area contributed by atoms with E-state index in [0.29, 0.717) is 30.1 Å². The lowest BCUT2D eigenvalue weighted by molar-refractivity contribution is -0.115. The molecule has 1 N–H and O–H groups in total. The number of hydrogen-bond acceptors (Lipinski definition) is 7. The Morgan fingerprint density at radius 1 is 1.03 bits per heavy atom. The molecule has 0 bridgehead atoms. The second kappa shape index (κ2) is 11.3. The summed E-state index contributed by atoms with van der Waals surface area (Å²) < 4.78 is 37.2. The monoisotopic (exact) mass is 530 g/mol. The Kier molecular flexibility index (Phi) is 8.63. The quantitative estimate of drug-likeness (QED) is 0.433. The molecule has 3 amide bonds. The standard InChI is InChI=1S/C27H34N2O7S/c1-7-17-12-19-25(20(13-17)28-24(30)8-2)27(32)29(26(19)31)21(15-37(33,34)16(4)5)18-10-11-22(35-6)23(14-18)36-9-3/h10-14,16,21H,7-9,15H2,1-6H3,(H,28,30)/t21-/m1/s1. The predicted octanol–water partition coefficient (Wildman–Crippen LogP) is 4.17. The van der Waals surface area contributed by atoms with Crippen LogP contribution in [0, 0.1) is 0 Å². The van der Waals surface area contributed by atoms with E-state index in [4.69, 9.17) is 9.47 Å². The van der Waals surface area contributed by atoms with Crippen molar-refractivity contribution in [2.24, 2.45) is 0 Å². The van der Waals surface area contributed by atoms with E-state index in [1.54, 1.807) is 58.0 Å². The number of rotatable bonds is 11. The zero-order valence-corrected chi connectivity index (χ0v) is 22.9. The maximum absolute atomic E-state index is 13.8. The average molecular weight is 531 g/mol. The lowest BCUT2D eigenvalue weighted by atomic mass is 10.0. The minimum Gasteiger partial charge on any atom is -0.493 e. The van der Waals surface area contributed by atoms with Gasteiger partial charge in [-0.3, -0.25) is 19.3 Å². The number of carbonyl (C=O) groups is 3. The van der Waals surface area contributed by atoms with Crippen molar-refractivity contribution >= 4 is 33.2 Å². The number of amides is 3. The molecule has 1 atom stereocenters. The largest absolute Gasteiger partial charge is 0.493 e. The molecule has 2 aromatic carbocycles. The third-order valence-corrected chi connectivity index (χ3v) is 8.59. The summed E-state index contributed by atoms with van der Waals surface area (Å²) in [5.74, 6) is -1.23. The number of nitrogens with one attached hydrogen (secondary N) is 1. The third-order valence-electron chi connectivity index (χ3n) is 6.38. The van der Waals surface area contributed by atoms with Gasteiger partial charge in [-0.05, 0) is 62.6 Å². The Morgan fingerprint density at radius 3 is 2.30 bits per heavy atom. The number of carbonyl (C=O) groups excluding carboxylic acids is 3. The second-order valence-electron chi connectivity index (χ2n) is 9.04. The molecule has 0 spiro atoms. The maximum atomic E-state index is 13.8. The highest BCUT2D eigenvalue weighted by Crippen LogP contribution is 2.39. The second-order valence-corrected chi connectivity index (χ2v) is 11.6. The Morgan fingerprint density at radius 2 is 1.73 bits per heavy atom. The van der Waals surface area contributed by atoms with E-state index in [9.17, 15) is 22.8 Å². The lowest BCUT2D eigenvalue weighted by Gasteiger charge is -2.28. The Bertz CT molecular complexity index is 1320. The molecule has 0 saturated carbocycles. The summed E-state index contributed by atoms with van der Waals surface area (Å²) in [6.07, 6.45) is 0.767. The summed E-state index contributed by atoms with van der Waals surface area (Å²) in [7, 11) is -2.21. The average Bonchev–Trinajstić information content (AvgIpc) is 3.12. The van der Waals surface area contributed by atoms with Crippen LogP contribution < -0.4 is 14.8 Å². The molecule has 1 aliphatic heterocycles. The summed E-state index contributed by atoms with van der Waals surface area (Å²) in [4.78, 5) is 40.7. The van der Waals surface area contributed by atoms with E-state index in [1.165, 1.54) is 7.11 Å². The van der Waals surface area contributed by atoms with Gasteiger partial charge < -0.3 is 14.8 Å². The summed E-state index contributed by atoms with van der Waals surface area (Å²) >= 11 is 0. The molecule has 200 valence electrons. The Labute approximate surface area is 218 Å². The first-order valence-corrected chi connectivity index (χ1v) is 14.1. The zero-order valence-electron chi connectivity index (χ0n) is 22.1. The number of hydrogen-bond donors (Lipinski definition) is 1. The van der Waals surface area contributed by atoms with Crippen LogP contribution in [0.3, 0.4) is 0 Å². The van der Waals surface area contributed by atoms with Crippen LogP contribution in [-0.2, 0) is 21.1 Å². The molecular weight excluding hydrogens is 496 g/mol. The van der Waals surface area contributed by atoms with Crippen molar-refractivity contribution < 1.29 is 32.3 Å². The van der Waals surface area contributed by atoms with Crippen molar-refractivity contribution in [3.05, 3.63) is 52.6 Å². The number of ether oxygens (including phenoxy) is 2. The van der Waals surface area contributed by atoms with Gasteiger partial charge in [0.15, 0.2) is 21.3 Å². The maximum Gasteiger partial charge on any atom is 0.264 e. The van der Waals surface area contributed by atoms with Crippen LogP contribution in [0.1, 0.15) is 78.9 Å². The van der Waals surface area contributed by atoms with Crippen LogP contribution in [0.15, 0.2) is 30.3 Å². The minimum atomic E-state index is -3.69. The molecule has 9 nitrogen and oxygen atoms in total. The van der Waals surface area contributed by atoms with Gasteiger partial charge in [0.1, 0.15) is 0 Å². The first-order valence-electron chi connectivity index (χ1n) is 12.4. The van der Waals surface area contributed by atoms with Gasteiger partial charge in [-0.15, -0.1) is 0 Å². The van der Waals surface area contributed by atoms with E-state index in [-0.39, 0.29) is 29.1 Å². The summed E-state index contributed by atoms with van der Waals surface area (Å²) in [5, 5.41) is 2.01. The van der Waals surface area contributed by atoms with E-state index >= 15 is 0 Å². The minimum absolute atomic E-state index is 0.0643. The fourth-order valence-electron chi connectivity index (χ4n) is 4.17. The van der Waals surface area contributed by atoms with Crippen LogP contribution in [0.2, 0.25) is 0 Å². The highest BCUT2D eigenvalue weighted by atomic mass is 32.2. The number of anilines is 1. The topological polar surface area (TPSA) is 119 Å². The van der Waals surface area contributed by atoms with Gasteiger partial charge in [0.05, 0.1) is 47.6 Å². The first-order chi connectivity index (χ1) is 17.5. The predicted molar refractivity (Wildman–Crippen MR) is 141 cm³/mol. The number of nitrogens with zero attached hydrogens (tertiary/aromatic N) is 1. The summed E-state index contributed by atoms with van der Waals surface area (Å²) in [6.45, 7) is 8.83. The first kappa shape index (κ1) is 28.2. The lowest BCUT2D eigenvalue weighted by Crippen LogP contribution is -2.39. The van der Waals surface area contributed by atoms with Crippen molar-refractivity contribution in [1.29, 1.82) is 0 Å². The molecule has 0 aliphatic carbocycles. The van der Waals surface area contributed by atoms with Gasteiger partial charge in [-0.2, -0.15) is 0 Å². The summed E-state index contributed by atoms with van der Waals surface area (Å²) in [5.41, 5.74) is 1.63. The number of fused-ring (bicyclic) bond motifs is 1. The number of imide groups is 1. The van der Waals surface area contributed by atoms with E-state index in [0.717, 1.165) is 10.5 Å². The van der Waals surface area contributed by atoms with Crippen molar-refractivity contribution in [2.75, 3.05) is 24.8 Å². The van der Waals surface area contributed by atoms with E-state index < -0.39 is 38.7 Å². The number of aryl methyl sites for hydroxylation is 1. The van der Waals surface area contributed by atoms with Crippen molar-refractivity contribution in [3.63, 3.8) is 0 Å². The van der Waals surface area contributed by atoms with Crippen molar-refractivity contribution in [2.45, 2.75) is 58.8 Å². The molecule has 0 aromatic heterocycles. The molecule has 37 heavy (non-hydrogen) atoms. The fraction of sp³-hybridized carbons (Fsp3) is 0.444. The van der Waals surface area contributed by atoms with Gasteiger partial charge in [0.25, 0.3) is 11.8 Å². The molecule has 0 fully saturated rings. The summed E-state index contributed by atoms with van der Waals surface area (Å²) in [6, 6.07) is 7.04.